The lowest BCUT2D eigenvalue weighted by Gasteiger charge is -2.07. The zero-order valence-electron chi connectivity index (χ0n) is 13.3. The van der Waals surface area contributed by atoms with Gasteiger partial charge in [0.2, 0.25) is 0 Å². The van der Waals surface area contributed by atoms with Gasteiger partial charge in [0.25, 0.3) is 5.91 Å². The zero-order chi connectivity index (χ0) is 17.8. The van der Waals surface area contributed by atoms with Crippen molar-refractivity contribution in [2.45, 2.75) is 17.3 Å². The van der Waals surface area contributed by atoms with Crippen LogP contribution in [0.15, 0.2) is 52.7 Å². The van der Waals surface area contributed by atoms with Crippen molar-refractivity contribution < 1.29 is 15.0 Å². The lowest BCUT2D eigenvalue weighted by Crippen LogP contribution is -2.26. The summed E-state index contributed by atoms with van der Waals surface area (Å²) in [5.41, 5.74) is 4.57. The number of phenols is 2. The number of hydrazone groups is 1. The van der Waals surface area contributed by atoms with Crippen LogP contribution in [0, 0.1) is 0 Å². The SMILES string of the molecule is CC(Sc1nc2ccccc2[nH]1)C(=O)N/N=C\c1ccc(O)cc1O. The Bertz CT molecular complexity index is 906. The third kappa shape index (κ3) is 4.10. The smallest absolute Gasteiger partial charge is 0.253 e. The second-order valence-electron chi connectivity index (χ2n) is 5.30. The maximum atomic E-state index is 12.1. The molecule has 0 radical (unpaired) electrons. The molecule has 3 aromatic rings. The predicted molar refractivity (Wildman–Crippen MR) is 96.9 cm³/mol. The Morgan fingerprint density at radius 3 is 2.88 bits per heavy atom. The fourth-order valence-electron chi connectivity index (χ4n) is 2.10. The largest absolute Gasteiger partial charge is 0.508 e. The standard InChI is InChI=1S/C17H16N4O3S/c1-10(25-17-19-13-4-2-3-5-14(13)20-17)16(24)21-18-9-11-6-7-12(22)8-15(11)23/h2-10,22-23H,1H3,(H,19,20)(H,21,24)/b18-9-. The Labute approximate surface area is 147 Å². The number of fused-ring (bicyclic) bond motifs is 1. The van der Waals surface area contributed by atoms with Crippen LogP contribution in [-0.2, 0) is 4.79 Å². The highest BCUT2D eigenvalue weighted by Gasteiger charge is 2.16. The van der Waals surface area contributed by atoms with E-state index in [1.54, 1.807) is 6.92 Å². The van der Waals surface area contributed by atoms with Gasteiger partial charge in [0, 0.05) is 11.6 Å². The Kier molecular flexibility index (Phi) is 4.90. The molecule has 7 nitrogen and oxygen atoms in total. The van der Waals surface area contributed by atoms with E-state index in [9.17, 15) is 15.0 Å². The molecular weight excluding hydrogens is 340 g/mol. The van der Waals surface area contributed by atoms with Crippen molar-refractivity contribution in [2.24, 2.45) is 5.10 Å². The summed E-state index contributed by atoms with van der Waals surface area (Å²) in [6.07, 6.45) is 1.31. The lowest BCUT2D eigenvalue weighted by atomic mass is 10.2. The number of benzene rings is 2. The van der Waals surface area contributed by atoms with Crippen molar-refractivity contribution in [1.29, 1.82) is 0 Å². The second kappa shape index (κ2) is 7.27. The van der Waals surface area contributed by atoms with Crippen molar-refractivity contribution >= 4 is 34.9 Å². The number of aromatic hydroxyl groups is 2. The second-order valence-corrected chi connectivity index (χ2v) is 6.63. The zero-order valence-corrected chi connectivity index (χ0v) is 14.1. The molecule has 128 valence electrons. The fourth-order valence-corrected chi connectivity index (χ4v) is 2.92. The molecule has 2 aromatic carbocycles. The summed E-state index contributed by atoms with van der Waals surface area (Å²) in [6.45, 7) is 1.75. The van der Waals surface area contributed by atoms with Gasteiger partial charge in [0.1, 0.15) is 11.5 Å². The minimum Gasteiger partial charge on any atom is -0.508 e. The highest BCUT2D eigenvalue weighted by molar-refractivity contribution is 8.00. The highest BCUT2D eigenvalue weighted by atomic mass is 32.2. The molecular formula is C17H16N4O3S. The quantitative estimate of drug-likeness (QED) is 0.319. The summed E-state index contributed by atoms with van der Waals surface area (Å²) in [7, 11) is 0. The molecule has 0 fully saturated rings. The van der Waals surface area contributed by atoms with Crippen LogP contribution in [0.3, 0.4) is 0 Å². The Morgan fingerprint density at radius 1 is 1.32 bits per heavy atom. The number of thioether (sulfide) groups is 1. The van der Waals surface area contributed by atoms with Gasteiger partial charge >= 0.3 is 0 Å². The van der Waals surface area contributed by atoms with E-state index in [0.717, 1.165) is 11.0 Å². The molecule has 8 heteroatoms. The molecule has 1 atom stereocenters. The summed E-state index contributed by atoms with van der Waals surface area (Å²) in [4.78, 5) is 19.7. The first-order valence-electron chi connectivity index (χ1n) is 7.49. The number of aromatic nitrogens is 2. The van der Waals surface area contributed by atoms with Crippen molar-refractivity contribution in [2.75, 3.05) is 0 Å². The van der Waals surface area contributed by atoms with Gasteiger partial charge in [-0.3, -0.25) is 4.79 Å². The van der Waals surface area contributed by atoms with Crippen molar-refractivity contribution in [3.05, 3.63) is 48.0 Å². The lowest BCUT2D eigenvalue weighted by molar-refractivity contribution is -0.120. The summed E-state index contributed by atoms with van der Waals surface area (Å²) in [5, 5.41) is 23.0. The number of amides is 1. The predicted octanol–water partition coefficient (Wildman–Crippen LogP) is 2.60. The Morgan fingerprint density at radius 2 is 2.12 bits per heavy atom. The minimum absolute atomic E-state index is 0.0467. The third-order valence-corrected chi connectivity index (χ3v) is 4.40. The molecule has 0 bridgehead atoms. The fraction of sp³-hybridized carbons (Fsp3) is 0.118. The van der Waals surface area contributed by atoms with E-state index in [1.807, 2.05) is 24.3 Å². The van der Waals surface area contributed by atoms with E-state index in [1.165, 1.54) is 36.2 Å². The molecule has 1 unspecified atom stereocenters. The molecule has 1 amide bonds. The number of nitrogens with zero attached hydrogens (tertiary/aromatic N) is 2. The van der Waals surface area contributed by atoms with Crippen LogP contribution in [0.5, 0.6) is 11.5 Å². The number of imidazole rings is 1. The first kappa shape index (κ1) is 16.8. The third-order valence-electron chi connectivity index (χ3n) is 3.42. The highest BCUT2D eigenvalue weighted by Crippen LogP contribution is 2.23. The van der Waals surface area contributed by atoms with Gasteiger partial charge in [-0.15, -0.1) is 0 Å². The normalized spacial score (nSPS) is 12.5. The number of para-hydroxylation sites is 2. The van der Waals surface area contributed by atoms with Crippen LogP contribution in [0.4, 0.5) is 0 Å². The molecule has 0 saturated heterocycles. The summed E-state index contributed by atoms with van der Waals surface area (Å²) in [6, 6.07) is 11.7. The number of nitrogens with one attached hydrogen (secondary N) is 2. The van der Waals surface area contributed by atoms with E-state index >= 15 is 0 Å². The number of hydrogen-bond acceptors (Lipinski definition) is 6. The Hall–Kier alpha value is -3.00. The van der Waals surface area contributed by atoms with E-state index in [0.29, 0.717) is 10.7 Å². The van der Waals surface area contributed by atoms with Gasteiger partial charge in [0.15, 0.2) is 5.16 Å². The molecule has 4 N–H and O–H groups in total. The van der Waals surface area contributed by atoms with E-state index in [-0.39, 0.29) is 17.4 Å². The van der Waals surface area contributed by atoms with Crippen LogP contribution in [0.2, 0.25) is 0 Å². The summed E-state index contributed by atoms with van der Waals surface area (Å²) in [5.74, 6) is -0.461. The van der Waals surface area contributed by atoms with Gasteiger partial charge in [-0.2, -0.15) is 5.10 Å². The number of phenolic OH excluding ortho intramolecular Hbond substituents is 2. The van der Waals surface area contributed by atoms with Crippen LogP contribution in [-0.4, -0.2) is 37.6 Å². The first-order valence-corrected chi connectivity index (χ1v) is 8.37. The molecule has 0 saturated carbocycles. The average molecular weight is 356 g/mol. The van der Waals surface area contributed by atoms with Crippen molar-refractivity contribution in [3.8, 4) is 11.5 Å². The maximum absolute atomic E-state index is 12.1. The summed E-state index contributed by atoms with van der Waals surface area (Å²) < 4.78 is 0. The number of H-pyrrole nitrogens is 1. The van der Waals surface area contributed by atoms with Crippen LogP contribution in [0.25, 0.3) is 11.0 Å². The molecule has 25 heavy (non-hydrogen) atoms. The topological polar surface area (TPSA) is 111 Å². The molecule has 0 aliphatic carbocycles. The average Bonchev–Trinajstić information content (AvgIpc) is 2.98. The number of hydrogen-bond donors (Lipinski definition) is 4. The van der Waals surface area contributed by atoms with Crippen molar-refractivity contribution in [1.82, 2.24) is 15.4 Å². The van der Waals surface area contributed by atoms with E-state index < -0.39 is 5.25 Å². The van der Waals surface area contributed by atoms with E-state index in [2.05, 4.69) is 20.5 Å². The molecule has 0 aliphatic rings. The van der Waals surface area contributed by atoms with E-state index in [4.69, 9.17) is 0 Å². The van der Waals surface area contributed by atoms with Gasteiger partial charge in [-0.05, 0) is 31.2 Å². The number of aromatic amines is 1. The first-order chi connectivity index (χ1) is 12.0. The number of carbonyl (C=O) groups excluding carboxylic acids is 1. The van der Waals surface area contributed by atoms with Gasteiger partial charge in [-0.25, -0.2) is 10.4 Å². The summed E-state index contributed by atoms with van der Waals surface area (Å²) >= 11 is 1.29. The molecule has 0 spiro atoms. The van der Waals surface area contributed by atoms with Crippen molar-refractivity contribution in [3.63, 3.8) is 0 Å². The van der Waals surface area contributed by atoms with Gasteiger partial charge in [-0.1, -0.05) is 23.9 Å². The molecule has 1 heterocycles. The molecule has 3 rings (SSSR count). The monoisotopic (exact) mass is 356 g/mol. The minimum atomic E-state index is -0.411. The number of rotatable bonds is 5. The van der Waals surface area contributed by atoms with Gasteiger partial charge in [0.05, 0.1) is 22.5 Å². The van der Waals surface area contributed by atoms with Crippen LogP contribution >= 0.6 is 11.8 Å². The number of carbonyl (C=O) groups is 1. The Balaban J connectivity index is 1.59. The van der Waals surface area contributed by atoms with Crippen LogP contribution in [0.1, 0.15) is 12.5 Å². The molecule has 0 aliphatic heterocycles. The maximum Gasteiger partial charge on any atom is 0.253 e. The van der Waals surface area contributed by atoms with Gasteiger partial charge < -0.3 is 15.2 Å². The molecule has 1 aromatic heterocycles. The van der Waals surface area contributed by atoms with Crippen LogP contribution < -0.4 is 5.43 Å².